The number of nitriles is 1. The highest BCUT2D eigenvalue weighted by Gasteiger charge is 2.34. The number of fused-ring (bicyclic) bond motifs is 1. The van der Waals surface area contributed by atoms with Crippen LogP contribution in [0.25, 0.3) is 0 Å². The van der Waals surface area contributed by atoms with E-state index in [0.717, 1.165) is 43.4 Å². The normalized spacial score (nSPS) is 19.6. The van der Waals surface area contributed by atoms with Gasteiger partial charge in [0.25, 0.3) is 5.91 Å². The molecule has 1 aromatic heterocycles. The van der Waals surface area contributed by atoms with Gasteiger partial charge >= 0.3 is 0 Å². The fraction of sp³-hybridized carbons (Fsp3) is 0.462. The van der Waals surface area contributed by atoms with Crippen molar-refractivity contribution >= 4 is 39.7 Å². The molecule has 2 fully saturated rings. The Labute approximate surface area is 205 Å². The maximum Gasteiger partial charge on any atom is 0.254 e. The summed E-state index contributed by atoms with van der Waals surface area (Å²) in [5, 5.41) is 18.8. The first-order chi connectivity index (χ1) is 16.6. The zero-order valence-electron chi connectivity index (χ0n) is 19.1. The minimum Gasteiger partial charge on any atom is -0.352 e. The van der Waals surface area contributed by atoms with Crippen molar-refractivity contribution in [3.63, 3.8) is 0 Å². The molecule has 1 atom stereocenters. The lowest BCUT2D eigenvalue weighted by Crippen LogP contribution is -2.29. The van der Waals surface area contributed by atoms with Crippen molar-refractivity contribution in [1.29, 1.82) is 5.26 Å². The van der Waals surface area contributed by atoms with E-state index >= 15 is 0 Å². The van der Waals surface area contributed by atoms with E-state index in [4.69, 9.17) is 0 Å². The second-order valence-electron chi connectivity index (χ2n) is 9.57. The minimum absolute atomic E-state index is 0. The van der Waals surface area contributed by atoms with Gasteiger partial charge in [-0.25, -0.2) is 4.99 Å². The summed E-state index contributed by atoms with van der Waals surface area (Å²) in [6, 6.07) is 9.60. The van der Waals surface area contributed by atoms with Crippen LogP contribution in [0.3, 0.4) is 0 Å². The zero-order valence-corrected chi connectivity index (χ0v) is 19.9. The standard InChI is InChI=1S/C26H29N5O2S.H2/c27-15-29-22(30-19-4-2-1-3-5-19)13-17-8-11-21-20(12-17)23(25(33)28-14-16-6-7-16)26(34-21)31-24(32)18-9-10-18;/h1-5,16-18H,6-14H2,(H,28,33)(H,29,30)(H,31,32);1H. The van der Waals surface area contributed by atoms with Gasteiger partial charge in [-0.15, -0.1) is 11.3 Å². The lowest BCUT2D eigenvalue weighted by atomic mass is 9.84. The predicted molar refractivity (Wildman–Crippen MR) is 135 cm³/mol. The topological polar surface area (TPSA) is 106 Å². The van der Waals surface area contributed by atoms with Crippen LogP contribution in [0.1, 0.15) is 60.8 Å². The molecular weight excluding hydrogens is 446 g/mol. The van der Waals surface area contributed by atoms with Crippen LogP contribution in [0.4, 0.5) is 10.7 Å². The first-order valence-electron chi connectivity index (χ1n) is 12.1. The summed E-state index contributed by atoms with van der Waals surface area (Å²) in [5.41, 5.74) is 2.50. The maximum absolute atomic E-state index is 13.2. The molecule has 0 radical (unpaired) electrons. The van der Waals surface area contributed by atoms with Crippen LogP contribution in [0.2, 0.25) is 0 Å². The Kier molecular flexibility index (Phi) is 6.63. The number of benzene rings is 1. The molecule has 0 bridgehead atoms. The van der Waals surface area contributed by atoms with Crippen LogP contribution < -0.4 is 16.0 Å². The van der Waals surface area contributed by atoms with Crippen LogP contribution in [0.15, 0.2) is 35.3 Å². The third-order valence-electron chi connectivity index (χ3n) is 6.73. The quantitative estimate of drug-likeness (QED) is 0.220. The average Bonchev–Trinajstić information content (AvgIpc) is 3.75. The Morgan fingerprint density at radius 2 is 1.91 bits per heavy atom. The monoisotopic (exact) mass is 477 g/mol. The van der Waals surface area contributed by atoms with Crippen molar-refractivity contribution in [3.05, 3.63) is 46.3 Å². The third-order valence-corrected chi connectivity index (χ3v) is 7.93. The van der Waals surface area contributed by atoms with Gasteiger partial charge in [0.05, 0.1) is 11.3 Å². The number of amidine groups is 1. The molecule has 7 nitrogen and oxygen atoms in total. The molecule has 0 saturated heterocycles. The summed E-state index contributed by atoms with van der Waals surface area (Å²) in [4.78, 5) is 31.6. The molecule has 5 rings (SSSR count). The molecule has 8 heteroatoms. The summed E-state index contributed by atoms with van der Waals surface area (Å²) < 4.78 is 0. The molecule has 2 aromatic rings. The van der Waals surface area contributed by atoms with E-state index in [2.05, 4.69) is 20.9 Å². The smallest absolute Gasteiger partial charge is 0.254 e. The maximum atomic E-state index is 13.2. The number of hydrogen-bond acceptors (Lipinski definition) is 5. The van der Waals surface area contributed by atoms with E-state index in [9.17, 15) is 14.9 Å². The van der Waals surface area contributed by atoms with E-state index in [1.165, 1.54) is 17.7 Å². The number of aryl methyl sites for hydroxylation is 1. The van der Waals surface area contributed by atoms with Crippen LogP contribution in [0, 0.1) is 29.2 Å². The lowest BCUT2D eigenvalue weighted by molar-refractivity contribution is -0.117. The van der Waals surface area contributed by atoms with Gasteiger partial charge in [0, 0.05) is 25.2 Å². The van der Waals surface area contributed by atoms with Gasteiger partial charge in [0.15, 0.2) is 6.19 Å². The number of carbonyl (C=O) groups is 2. The number of para-hydroxylation sites is 1. The molecule has 34 heavy (non-hydrogen) atoms. The van der Waals surface area contributed by atoms with E-state index in [-0.39, 0.29) is 25.1 Å². The summed E-state index contributed by atoms with van der Waals surface area (Å²) in [6.07, 6.45) is 9.39. The van der Waals surface area contributed by atoms with Crippen molar-refractivity contribution < 1.29 is 11.0 Å². The summed E-state index contributed by atoms with van der Waals surface area (Å²) in [7, 11) is 0. The SMILES string of the molecule is N#CNC(CC1CCc2sc(NC(=O)C3CC3)c(C(=O)NCC3CC3)c2C1)=Nc1ccccc1.[HH]. The van der Waals surface area contributed by atoms with E-state index < -0.39 is 0 Å². The number of hydrogen-bond donors (Lipinski definition) is 3. The van der Waals surface area contributed by atoms with Crippen LogP contribution in [-0.2, 0) is 17.6 Å². The van der Waals surface area contributed by atoms with E-state index in [1.54, 1.807) is 11.3 Å². The van der Waals surface area contributed by atoms with E-state index in [0.29, 0.717) is 35.3 Å². The van der Waals surface area contributed by atoms with Gasteiger partial charge in [-0.1, -0.05) is 18.2 Å². The highest BCUT2D eigenvalue weighted by atomic mass is 32.1. The van der Waals surface area contributed by atoms with Gasteiger partial charge < -0.3 is 10.6 Å². The summed E-state index contributed by atoms with van der Waals surface area (Å²) in [6.45, 7) is 0.697. The number of anilines is 1. The van der Waals surface area contributed by atoms with Gasteiger partial charge in [-0.2, -0.15) is 5.26 Å². The highest BCUT2D eigenvalue weighted by Crippen LogP contribution is 2.42. The molecule has 2 amide bonds. The molecule has 3 N–H and O–H groups in total. The van der Waals surface area contributed by atoms with Crippen molar-refractivity contribution in [3.8, 4) is 6.19 Å². The first-order valence-corrected chi connectivity index (χ1v) is 12.9. The number of thiophene rings is 1. The van der Waals surface area contributed by atoms with Gasteiger partial charge in [0.2, 0.25) is 5.91 Å². The second-order valence-corrected chi connectivity index (χ2v) is 10.7. The molecule has 1 aromatic carbocycles. The molecular formula is C26H31N5O2S. The third kappa shape index (κ3) is 5.48. The minimum atomic E-state index is -0.0792. The number of aliphatic imine (C=N–C) groups is 1. The first kappa shape index (κ1) is 22.6. The molecule has 0 aliphatic heterocycles. The van der Waals surface area contributed by atoms with Crippen molar-refractivity contribution in [2.45, 2.75) is 51.4 Å². The molecule has 1 heterocycles. The Morgan fingerprint density at radius 1 is 1.12 bits per heavy atom. The van der Waals surface area contributed by atoms with Gasteiger partial charge in [-0.3, -0.25) is 14.9 Å². The molecule has 178 valence electrons. The number of amides is 2. The zero-order chi connectivity index (χ0) is 23.5. The number of carbonyl (C=O) groups excluding carboxylic acids is 2. The number of nitrogens with zero attached hydrogens (tertiary/aromatic N) is 2. The molecule has 3 aliphatic carbocycles. The molecule has 2 saturated carbocycles. The van der Waals surface area contributed by atoms with Crippen molar-refractivity contribution in [2.75, 3.05) is 11.9 Å². The Hall–Kier alpha value is -3.18. The second kappa shape index (κ2) is 9.98. The lowest BCUT2D eigenvalue weighted by Gasteiger charge is -2.23. The Bertz CT molecular complexity index is 1150. The Balaban J connectivity index is 0.00000289. The largest absolute Gasteiger partial charge is 0.352 e. The van der Waals surface area contributed by atoms with Crippen LogP contribution >= 0.6 is 11.3 Å². The van der Waals surface area contributed by atoms with Crippen molar-refractivity contribution in [2.24, 2.45) is 22.7 Å². The molecule has 0 spiro atoms. The fourth-order valence-corrected chi connectivity index (χ4v) is 5.73. The van der Waals surface area contributed by atoms with E-state index in [1.807, 2.05) is 36.5 Å². The van der Waals surface area contributed by atoms with Crippen molar-refractivity contribution in [1.82, 2.24) is 10.6 Å². The Morgan fingerprint density at radius 3 is 2.62 bits per heavy atom. The fourth-order valence-electron chi connectivity index (χ4n) is 4.49. The highest BCUT2D eigenvalue weighted by molar-refractivity contribution is 7.17. The van der Waals surface area contributed by atoms with Gasteiger partial charge in [0.1, 0.15) is 10.8 Å². The molecule has 3 aliphatic rings. The van der Waals surface area contributed by atoms with Gasteiger partial charge in [-0.05, 0) is 74.5 Å². The average molecular weight is 478 g/mol. The number of nitrogens with one attached hydrogen (secondary N) is 3. The molecule has 1 unspecified atom stereocenters. The van der Waals surface area contributed by atoms with Crippen LogP contribution in [0.5, 0.6) is 0 Å². The summed E-state index contributed by atoms with van der Waals surface area (Å²) >= 11 is 1.56. The summed E-state index contributed by atoms with van der Waals surface area (Å²) in [5.74, 6) is 1.52. The predicted octanol–water partition coefficient (Wildman–Crippen LogP) is 4.78. The number of rotatable bonds is 8. The van der Waals surface area contributed by atoms with Crippen LogP contribution in [-0.4, -0.2) is 24.2 Å².